The number of likely N-dealkylation sites (N-methyl/N-ethyl adjacent to an activating group) is 2. The van der Waals surface area contributed by atoms with Crippen LogP contribution < -0.4 is 21.5 Å². The Bertz CT molecular complexity index is 2420. The number of carbonyl (C=O) groups is 9. The number of likely N-dealkylation sites (tertiary alicyclic amines) is 1. The van der Waals surface area contributed by atoms with Crippen molar-refractivity contribution >= 4 is 53.2 Å². The summed E-state index contributed by atoms with van der Waals surface area (Å²) < 4.78 is 12.2. The first-order valence-corrected chi connectivity index (χ1v) is 28.9. The third-order valence-corrected chi connectivity index (χ3v) is 17.0. The zero-order chi connectivity index (χ0) is 58.6. The molecule has 21 nitrogen and oxygen atoms in total. The zero-order valence-electron chi connectivity index (χ0n) is 48.9. The molecule has 21 heteroatoms. The van der Waals surface area contributed by atoms with Crippen LogP contribution in [0.25, 0.3) is 0 Å². The van der Waals surface area contributed by atoms with E-state index in [-0.39, 0.29) is 115 Å². The third-order valence-electron chi connectivity index (χ3n) is 17.0. The van der Waals surface area contributed by atoms with E-state index in [1.165, 1.54) is 31.4 Å². The molecule has 1 aromatic carbocycles. The summed E-state index contributed by atoms with van der Waals surface area (Å²) >= 11 is 0. The molecule has 5 aliphatic rings. The fourth-order valence-corrected chi connectivity index (χ4v) is 12.1. The fourth-order valence-electron chi connectivity index (χ4n) is 12.1. The SMILES string of the molecule is CCC(C)C(C(CC(=O)N1CCCC1C(OC)C(C)C(=O)NC(Cc1ccccc1)C(=O)N1OC2CC23C=CC13)OC)N(C)C(=O)C(NC(=O)C(C(C)C)N(C)CCCC(=O)NNC(=O)CCCCCN1C(=O)C=CC1=O)C(C)C. The molecule has 1 aromatic rings. The van der Waals surface area contributed by atoms with E-state index >= 15 is 0 Å². The molecule has 3 aliphatic heterocycles. The Morgan fingerprint density at radius 3 is 2.06 bits per heavy atom. The maximum absolute atomic E-state index is 14.7. The van der Waals surface area contributed by atoms with Gasteiger partial charge in [0.15, 0.2) is 0 Å². The van der Waals surface area contributed by atoms with Crippen molar-refractivity contribution in [3.05, 3.63) is 60.2 Å². The van der Waals surface area contributed by atoms with Crippen LogP contribution in [0.15, 0.2) is 54.6 Å². The molecule has 3 fully saturated rings. The zero-order valence-corrected chi connectivity index (χ0v) is 48.9. The van der Waals surface area contributed by atoms with E-state index in [1.807, 2.05) is 82.9 Å². The Morgan fingerprint density at radius 2 is 1.49 bits per heavy atom. The summed E-state index contributed by atoms with van der Waals surface area (Å²) in [6.07, 6.45) is 10.4. The topological polar surface area (TPSA) is 246 Å². The first-order chi connectivity index (χ1) is 38.1. The van der Waals surface area contributed by atoms with Crippen LogP contribution in [0.3, 0.4) is 0 Å². The van der Waals surface area contributed by atoms with Crippen LogP contribution >= 0.6 is 0 Å². The van der Waals surface area contributed by atoms with Crippen molar-refractivity contribution in [3.8, 4) is 0 Å². The van der Waals surface area contributed by atoms with Gasteiger partial charge in [0.2, 0.25) is 35.4 Å². The van der Waals surface area contributed by atoms with Crippen molar-refractivity contribution in [3.63, 3.8) is 0 Å². The smallest absolute Gasteiger partial charge is 0.269 e. The number of hydrazine groups is 1. The number of unbranched alkanes of at least 4 members (excludes halogenated alkanes) is 2. The molecule has 12 unspecified atom stereocenters. The number of benzene rings is 1. The van der Waals surface area contributed by atoms with Crippen LogP contribution in [0.2, 0.25) is 0 Å². The van der Waals surface area contributed by atoms with Gasteiger partial charge in [-0.05, 0) is 75.4 Å². The lowest BCUT2D eigenvalue weighted by Gasteiger charge is -2.41. The fraction of sp³-hybridized carbons (Fsp3) is 0.678. The molecule has 3 heterocycles. The van der Waals surface area contributed by atoms with Gasteiger partial charge in [-0.1, -0.05) is 104 Å². The average molecular weight is 1120 g/mol. The normalized spacial score (nSPS) is 22.9. The van der Waals surface area contributed by atoms with Gasteiger partial charge >= 0.3 is 0 Å². The molecule has 12 atom stereocenters. The number of methoxy groups -OCH3 is 2. The summed E-state index contributed by atoms with van der Waals surface area (Å²) in [4.78, 5) is 133. The number of hydrogen-bond donors (Lipinski definition) is 4. The minimum absolute atomic E-state index is 0.0273. The van der Waals surface area contributed by atoms with Crippen molar-refractivity contribution < 1.29 is 57.5 Å². The highest BCUT2D eigenvalue weighted by atomic mass is 16.7. The van der Waals surface area contributed by atoms with Crippen molar-refractivity contribution in [2.24, 2.45) is 29.1 Å². The van der Waals surface area contributed by atoms with Gasteiger partial charge < -0.3 is 29.9 Å². The number of hydroxylamine groups is 2. The van der Waals surface area contributed by atoms with E-state index in [0.717, 1.165) is 16.9 Å². The van der Waals surface area contributed by atoms with Crippen molar-refractivity contribution in [1.82, 2.24) is 46.1 Å². The molecule has 0 bridgehead atoms. The van der Waals surface area contributed by atoms with Crippen LogP contribution in [-0.2, 0) is 63.9 Å². The molecular weight excluding hydrogens is 1030 g/mol. The van der Waals surface area contributed by atoms with E-state index in [1.54, 1.807) is 30.8 Å². The summed E-state index contributed by atoms with van der Waals surface area (Å²) in [5.74, 6) is -4.36. The minimum Gasteiger partial charge on any atom is -0.379 e. The number of amides is 9. The predicted molar refractivity (Wildman–Crippen MR) is 298 cm³/mol. The molecule has 0 radical (unpaired) electrons. The number of carbonyl (C=O) groups excluding carboxylic acids is 9. The minimum atomic E-state index is -0.923. The van der Waals surface area contributed by atoms with Crippen LogP contribution in [0.5, 0.6) is 0 Å². The number of hydrogen-bond acceptors (Lipinski definition) is 13. The number of ether oxygens (including phenoxy) is 2. The van der Waals surface area contributed by atoms with Gasteiger partial charge in [0.25, 0.3) is 17.7 Å². The third kappa shape index (κ3) is 15.1. The van der Waals surface area contributed by atoms with Crippen LogP contribution in [-0.4, -0.2) is 180 Å². The van der Waals surface area contributed by atoms with Crippen molar-refractivity contribution in [1.29, 1.82) is 0 Å². The van der Waals surface area contributed by atoms with Gasteiger partial charge in [0.1, 0.15) is 12.1 Å². The quantitative estimate of drug-likeness (QED) is 0.0360. The first-order valence-electron chi connectivity index (χ1n) is 28.9. The molecule has 2 aliphatic carbocycles. The van der Waals surface area contributed by atoms with E-state index in [0.29, 0.717) is 58.0 Å². The lowest BCUT2D eigenvalue weighted by atomic mass is 9.85. The molecule has 80 heavy (non-hydrogen) atoms. The summed E-state index contributed by atoms with van der Waals surface area (Å²) in [5.41, 5.74) is 5.64. The summed E-state index contributed by atoms with van der Waals surface area (Å²) in [7, 11) is 6.54. The summed E-state index contributed by atoms with van der Waals surface area (Å²) in [5, 5.41) is 7.54. The standard InChI is InChI=1S/C59H89N9O12/c1-12-38(6)53(65(9)58(77)51(36(2)3)61-56(75)52(37(4)5)64(8)30-20-25-47(70)63-62-46(69)24-17-14-18-31-67-48(71)26-27-49(67)72)43(78-10)34-50(73)66-32-19-23-42(66)54(79-11)39(7)55(74)60-41(33-40-21-15-13-16-22-40)57(76)68-44-28-29-59(44)35-45(59)80-68/h13,15-16,21-22,26-29,36-39,41-45,51-54H,12,14,17-20,23-25,30-35H2,1-11H3,(H,60,74)(H,61,75)(H,62,69)(H,63,70). The molecule has 4 N–H and O–H groups in total. The monoisotopic (exact) mass is 1120 g/mol. The van der Waals surface area contributed by atoms with E-state index in [9.17, 15) is 43.2 Å². The number of nitrogens with one attached hydrogen (secondary N) is 4. The summed E-state index contributed by atoms with van der Waals surface area (Å²) in [6.45, 7) is 14.4. The molecule has 6 rings (SSSR count). The lowest BCUT2D eigenvalue weighted by Crippen LogP contribution is -2.60. The first kappa shape index (κ1) is 63.2. The maximum Gasteiger partial charge on any atom is 0.269 e. The average Bonchev–Trinajstić information content (AvgIpc) is 3.00. The number of rotatable bonds is 31. The van der Waals surface area contributed by atoms with Crippen LogP contribution in [0, 0.1) is 29.1 Å². The van der Waals surface area contributed by atoms with Crippen molar-refractivity contribution in [2.75, 3.05) is 47.9 Å². The Labute approximate surface area is 472 Å². The second kappa shape index (κ2) is 28.6. The van der Waals surface area contributed by atoms with Gasteiger partial charge in [-0.15, -0.1) is 0 Å². The number of nitrogens with zero attached hydrogens (tertiary/aromatic N) is 5. The summed E-state index contributed by atoms with van der Waals surface area (Å²) in [6, 6.07) is 5.88. The predicted octanol–water partition coefficient (Wildman–Crippen LogP) is 3.62. The highest BCUT2D eigenvalue weighted by Gasteiger charge is 2.71. The van der Waals surface area contributed by atoms with Crippen LogP contribution in [0.1, 0.15) is 125 Å². The van der Waals surface area contributed by atoms with Crippen LogP contribution in [0.4, 0.5) is 0 Å². The van der Waals surface area contributed by atoms with Gasteiger partial charge in [-0.3, -0.25) is 68.6 Å². The lowest BCUT2D eigenvalue weighted by molar-refractivity contribution is -0.187. The molecule has 1 saturated carbocycles. The molecule has 442 valence electrons. The van der Waals surface area contributed by atoms with Gasteiger partial charge in [-0.2, -0.15) is 0 Å². The Hall–Kier alpha value is -6.03. The van der Waals surface area contributed by atoms with Gasteiger partial charge in [0.05, 0.1) is 54.8 Å². The molecular formula is C59H89N9O12. The van der Waals surface area contributed by atoms with E-state index in [4.69, 9.17) is 14.3 Å². The molecule has 1 spiro atoms. The molecule has 0 aromatic heterocycles. The van der Waals surface area contributed by atoms with Gasteiger partial charge in [0, 0.05) is 71.2 Å². The Balaban J connectivity index is 1.01. The van der Waals surface area contributed by atoms with Crippen molar-refractivity contribution in [2.45, 2.75) is 180 Å². The van der Waals surface area contributed by atoms with E-state index < -0.39 is 54.2 Å². The van der Waals surface area contributed by atoms with Gasteiger partial charge in [-0.25, -0.2) is 5.06 Å². The largest absolute Gasteiger partial charge is 0.379 e. The second-order valence-electron chi connectivity index (χ2n) is 23.3. The molecule has 9 amide bonds. The highest BCUT2D eigenvalue weighted by molar-refractivity contribution is 6.12. The maximum atomic E-state index is 14.7. The highest BCUT2D eigenvalue weighted by Crippen LogP contribution is 2.64. The van der Waals surface area contributed by atoms with E-state index in [2.05, 4.69) is 27.6 Å². The molecule has 2 saturated heterocycles. The second-order valence-corrected chi connectivity index (χ2v) is 23.3. The Kier molecular flexibility index (Phi) is 22.6. The number of imide groups is 1. The Morgan fingerprint density at radius 1 is 0.825 bits per heavy atom.